The Balaban J connectivity index is 0.750. The van der Waals surface area contributed by atoms with E-state index in [0.717, 1.165) is 29.0 Å². The molecule has 7 amide bonds. The van der Waals surface area contributed by atoms with Gasteiger partial charge >= 0.3 is 5.92 Å². The van der Waals surface area contributed by atoms with Gasteiger partial charge in [-0.1, -0.05) is 18.9 Å². The van der Waals surface area contributed by atoms with Crippen molar-refractivity contribution >= 4 is 70.2 Å². The summed E-state index contributed by atoms with van der Waals surface area (Å²) < 4.78 is 35.7. The molecule has 6 aliphatic rings. The zero-order valence-electron chi connectivity index (χ0n) is 37.4. The number of hydrogen-bond acceptors (Lipinski definition) is 13. The third-order valence-corrected chi connectivity index (χ3v) is 13.8. The molecule has 2 aromatic carbocycles. The molecule has 6 heterocycles. The number of amides is 7. The van der Waals surface area contributed by atoms with Crippen molar-refractivity contribution in [2.45, 2.75) is 88.4 Å². The first-order chi connectivity index (χ1) is 32.2. The predicted molar refractivity (Wildman–Crippen MR) is 239 cm³/mol. The van der Waals surface area contributed by atoms with Crippen molar-refractivity contribution in [2.75, 3.05) is 80.0 Å². The van der Waals surface area contributed by atoms with Crippen molar-refractivity contribution in [3.05, 3.63) is 59.3 Å². The third-order valence-electron chi connectivity index (χ3n) is 13.8. The van der Waals surface area contributed by atoms with Crippen LogP contribution in [0.4, 0.5) is 37.6 Å². The lowest BCUT2D eigenvalue weighted by atomic mass is 10.0. The number of aromatic nitrogens is 2. The van der Waals surface area contributed by atoms with Gasteiger partial charge in [0, 0.05) is 107 Å². The van der Waals surface area contributed by atoms with Crippen molar-refractivity contribution in [1.29, 1.82) is 0 Å². The smallest absolute Gasteiger partial charge is 0.342 e. The summed E-state index contributed by atoms with van der Waals surface area (Å²) >= 11 is 0. The minimum absolute atomic E-state index is 0.0315. The first-order valence-electron chi connectivity index (χ1n) is 22.8. The van der Waals surface area contributed by atoms with Gasteiger partial charge in [0.15, 0.2) is 5.82 Å². The number of ether oxygens (including phenoxy) is 1. The van der Waals surface area contributed by atoms with Crippen LogP contribution >= 0.6 is 0 Å². The average Bonchev–Trinajstić information content (AvgIpc) is 4.10. The number of methoxy groups -OCH3 is 1. The number of rotatable bonds is 11. The molecule has 1 aliphatic carbocycles. The predicted octanol–water partition coefficient (Wildman–Crippen LogP) is 2.81. The molecular weight excluding hydrogens is 873 g/mol. The van der Waals surface area contributed by atoms with Gasteiger partial charge in [-0.25, -0.2) is 4.98 Å². The maximum atomic E-state index is 15.1. The number of fused-ring (bicyclic) bond motifs is 2. The summed E-state index contributed by atoms with van der Waals surface area (Å²) in [6.07, 6.45) is 5.61. The number of nitrogens with zero attached hydrogens (tertiary/aromatic N) is 8. The van der Waals surface area contributed by atoms with Crippen LogP contribution in [0.3, 0.4) is 0 Å². The number of alkyl halides is 2. The molecule has 4 fully saturated rings. The Labute approximate surface area is 385 Å². The van der Waals surface area contributed by atoms with Gasteiger partial charge in [-0.15, -0.1) is 0 Å². The Bertz CT molecular complexity index is 2510. The number of piperazine rings is 1. The third kappa shape index (κ3) is 9.02. The van der Waals surface area contributed by atoms with Crippen LogP contribution in [0.1, 0.15) is 84.1 Å². The van der Waals surface area contributed by atoms with E-state index in [1.165, 1.54) is 30.2 Å². The van der Waals surface area contributed by atoms with Crippen molar-refractivity contribution in [2.24, 2.45) is 0 Å². The van der Waals surface area contributed by atoms with Gasteiger partial charge in [-0.05, 0) is 56.0 Å². The van der Waals surface area contributed by atoms with Gasteiger partial charge < -0.3 is 44.8 Å². The van der Waals surface area contributed by atoms with Crippen LogP contribution in [0, 0.1) is 0 Å². The lowest BCUT2D eigenvalue weighted by Crippen LogP contribution is -2.52. The lowest BCUT2D eigenvalue weighted by molar-refractivity contribution is -0.140. The highest BCUT2D eigenvalue weighted by atomic mass is 19.3. The van der Waals surface area contributed by atoms with Gasteiger partial charge in [0.05, 0.1) is 25.5 Å². The fraction of sp³-hybridized carbons (Fsp3) is 0.500. The van der Waals surface area contributed by atoms with Crippen LogP contribution in [0.5, 0.6) is 5.75 Å². The number of benzene rings is 2. The minimum Gasteiger partial charge on any atom is -0.495 e. The van der Waals surface area contributed by atoms with Crippen LogP contribution < -0.4 is 35.4 Å². The lowest BCUT2D eigenvalue weighted by Gasteiger charge is -2.37. The molecule has 3 aromatic rings. The summed E-state index contributed by atoms with van der Waals surface area (Å²) in [5.74, 6) is -6.03. The molecule has 1 unspecified atom stereocenters. The number of carbonyl (C=O) groups excluding carboxylic acids is 7. The summed E-state index contributed by atoms with van der Waals surface area (Å²) in [6, 6.07) is 9.04. The van der Waals surface area contributed by atoms with Crippen LogP contribution in [0.15, 0.2) is 42.6 Å². The summed E-state index contributed by atoms with van der Waals surface area (Å²) in [7, 11) is 2.73. The van der Waals surface area contributed by atoms with Crippen molar-refractivity contribution in [1.82, 2.24) is 35.3 Å². The standard InChI is InChI=1S/C46H53F2N11O8/c1-54-35-23-49-45(53-40(35)59(29-6-3-4-7-29)26-46(47,48)44(54)66)51-32-11-10-27(22-36(32)67-2)41(63)50-28-16-17-57(24-28)39(62)15-14-38(61)56-20-18-55(19-21-56)33-9-5-8-30-31(33)25-58(43(30)65)34-12-13-37(60)52-42(34)64/h5,8-11,22-23,28-29,34H,3-4,6-7,12-21,24-26H2,1-2H3,(H,50,63)(H,49,51,53)(H,52,60,64)/t28-,34?/m0/s1. The van der Waals surface area contributed by atoms with Gasteiger partial charge in [0.25, 0.3) is 17.7 Å². The molecule has 5 aliphatic heterocycles. The van der Waals surface area contributed by atoms with E-state index in [2.05, 4.69) is 30.8 Å². The number of halogens is 2. The Morgan fingerprint density at radius 2 is 1.64 bits per heavy atom. The van der Waals surface area contributed by atoms with Crippen LogP contribution in [0.2, 0.25) is 0 Å². The van der Waals surface area contributed by atoms with E-state index in [4.69, 9.17) is 4.74 Å². The largest absolute Gasteiger partial charge is 0.495 e. The summed E-state index contributed by atoms with van der Waals surface area (Å²) in [4.78, 5) is 109. The monoisotopic (exact) mass is 925 g/mol. The highest BCUT2D eigenvalue weighted by Crippen LogP contribution is 2.40. The Kier molecular flexibility index (Phi) is 12.4. The fourth-order valence-corrected chi connectivity index (χ4v) is 10.1. The molecular formula is C46H53F2N11O8. The Morgan fingerprint density at radius 3 is 2.37 bits per heavy atom. The maximum absolute atomic E-state index is 15.1. The van der Waals surface area contributed by atoms with Crippen LogP contribution in [-0.2, 0) is 30.5 Å². The highest BCUT2D eigenvalue weighted by Gasteiger charge is 2.49. The van der Waals surface area contributed by atoms with Crippen molar-refractivity contribution < 1.29 is 47.1 Å². The van der Waals surface area contributed by atoms with Crippen LogP contribution in [0.25, 0.3) is 0 Å². The molecule has 9 rings (SSSR count). The van der Waals surface area contributed by atoms with E-state index >= 15 is 8.78 Å². The number of anilines is 5. The molecule has 354 valence electrons. The number of carbonyl (C=O) groups is 7. The zero-order chi connectivity index (χ0) is 47.1. The van der Waals surface area contributed by atoms with E-state index in [9.17, 15) is 33.6 Å². The van der Waals surface area contributed by atoms with Gasteiger partial charge in [0.2, 0.25) is 29.6 Å². The molecule has 3 N–H and O–H groups in total. The average molecular weight is 926 g/mol. The van der Waals surface area contributed by atoms with E-state index in [0.29, 0.717) is 81.1 Å². The minimum atomic E-state index is -3.61. The van der Waals surface area contributed by atoms with Crippen molar-refractivity contribution in [3.63, 3.8) is 0 Å². The number of likely N-dealkylation sites (tertiary alicyclic amines) is 1. The molecule has 1 aromatic heterocycles. The Morgan fingerprint density at radius 1 is 0.896 bits per heavy atom. The van der Waals surface area contributed by atoms with E-state index < -0.39 is 30.3 Å². The molecule has 1 saturated carbocycles. The number of nitrogens with one attached hydrogen (secondary N) is 3. The topological polar surface area (TPSA) is 210 Å². The van der Waals surface area contributed by atoms with E-state index in [1.807, 2.05) is 12.1 Å². The summed E-state index contributed by atoms with van der Waals surface area (Å²) in [5, 5.41) is 8.41. The van der Waals surface area contributed by atoms with Gasteiger partial charge in [-0.3, -0.25) is 38.9 Å². The first-order valence-corrected chi connectivity index (χ1v) is 22.8. The Hall–Kier alpha value is -6.93. The van der Waals surface area contributed by atoms with Gasteiger partial charge in [-0.2, -0.15) is 13.8 Å². The molecule has 21 heteroatoms. The quantitative estimate of drug-likeness (QED) is 0.237. The number of piperidine rings is 1. The number of hydrogen-bond donors (Lipinski definition) is 3. The fourth-order valence-electron chi connectivity index (χ4n) is 10.1. The summed E-state index contributed by atoms with van der Waals surface area (Å²) in [5.41, 5.74) is 3.13. The molecule has 67 heavy (non-hydrogen) atoms. The SMILES string of the molecule is COc1cc(C(=O)N[C@H]2CCN(C(=O)CCC(=O)N3CCN(c4cccc5c4CN(C4CCC(=O)NC4=O)C5=O)CC3)C2)ccc1Nc1ncc2c(n1)N(C1CCCC1)CC(F)(F)C(=O)N2C. The molecule has 3 saturated heterocycles. The first kappa shape index (κ1) is 45.2. The zero-order valence-corrected chi connectivity index (χ0v) is 37.4. The highest BCUT2D eigenvalue weighted by molar-refractivity contribution is 6.06. The summed E-state index contributed by atoms with van der Waals surface area (Å²) in [6.45, 7) is 2.11. The van der Waals surface area contributed by atoms with E-state index in [1.54, 1.807) is 34.1 Å². The number of imide groups is 1. The van der Waals surface area contributed by atoms with E-state index in [-0.39, 0.29) is 91.3 Å². The second-order valence-corrected chi connectivity index (χ2v) is 17.9. The molecule has 0 spiro atoms. The molecule has 2 atom stereocenters. The molecule has 19 nitrogen and oxygen atoms in total. The normalized spacial score (nSPS) is 21.9. The maximum Gasteiger partial charge on any atom is 0.342 e. The molecule has 0 radical (unpaired) electrons. The van der Waals surface area contributed by atoms with Crippen LogP contribution in [-0.4, -0.2) is 150 Å². The van der Waals surface area contributed by atoms with Gasteiger partial charge in [0.1, 0.15) is 17.5 Å². The van der Waals surface area contributed by atoms with Crippen molar-refractivity contribution in [3.8, 4) is 5.75 Å². The second kappa shape index (κ2) is 18.4. The molecule has 0 bridgehead atoms. The second-order valence-electron chi connectivity index (χ2n) is 17.9.